The molecule has 0 spiro atoms. The number of urea groups is 1. The first-order valence-electron chi connectivity index (χ1n) is 12.5. The Balaban J connectivity index is 1.37. The molecule has 7 rings (SSSR count). The van der Waals surface area contributed by atoms with E-state index in [2.05, 4.69) is 40.3 Å². The van der Waals surface area contributed by atoms with Crippen molar-refractivity contribution in [3.8, 4) is 11.1 Å². The van der Waals surface area contributed by atoms with Crippen molar-refractivity contribution in [2.45, 2.75) is 25.0 Å². The van der Waals surface area contributed by atoms with Gasteiger partial charge in [0.05, 0.1) is 12.2 Å². The van der Waals surface area contributed by atoms with Crippen LogP contribution in [0.1, 0.15) is 28.6 Å². The maximum Gasteiger partial charge on any atom is 0.328 e. The van der Waals surface area contributed by atoms with E-state index in [1.807, 2.05) is 66.7 Å². The van der Waals surface area contributed by atoms with Gasteiger partial charge < -0.3 is 4.98 Å². The molecular weight excluding hydrogens is 460 g/mol. The summed E-state index contributed by atoms with van der Waals surface area (Å²) in [6, 6.07) is 30.9. The number of fused-ring (bicyclic) bond motifs is 4. The van der Waals surface area contributed by atoms with Crippen LogP contribution >= 0.6 is 0 Å². The van der Waals surface area contributed by atoms with Crippen LogP contribution in [-0.4, -0.2) is 37.7 Å². The second-order valence-electron chi connectivity index (χ2n) is 9.61. The molecule has 1 saturated heterocycles. The summed E-state index contributed by atoms with van der Waals surface area (Å²) in [6.45, 7) is 0.164. The lowest BCUT2D eigenvalue weighted by molar-refractivity contribution is -0.129. The minimum Gasteiger partial charge on any atom is -0.356 e. The van der Waals surface area contributed by atoms with Gasteiger partial charge >= 0.3 is 6.03 Å². The van der Waals surface area contributed by atoms with Gasteiger partial charge in [-0.3, -0.25) is 19.6 Å². The number of carbonyl (C=O) groups is 2. The quantitative estimate of drug-likeness (QED) is 0.332. The average Bonchev–Trinajstić information content (AvgIpc) is 3.44. The van der Waals surface area contributed by atoms with Crippen molar-refractivity contribution in [2.24, 2.45) is 0 Å². The van der Waals surface area contributed by atoms with E-state index in [-0.39, 0.29) is 18.5 Å². The molecule has 3 aromatic carbocycles. The van der Waals surface area contributed by atoms with Crippen LogP contribution in [0.3, 0.4) is 0 Å². The molecule has 0 aliphatic carbocycles. The van der Waals surface area contributed by atoms with E-state index in [1.165, 1.54) is 4.90 Å². The fourth-order valence-corrected chi connectivity index (χ4v) is 5.79. The molecule has 1 N–H and O–H groups in total. The molecule has 0 unspecified atom stereocenters. The molecule has 2 atom stereocenters. The number of nitrogens with zero attached hydrogens (tertiary/aromatic N) is 3. The Kier molecular flexibility index (Phi) is 4.92. The average molecular weight is 485 g/mol. The Bertz CT molecular complexity index is 1640. The first-order valence-corrected chi connectivity index (χ1v) is 12.5. The number of para-hydroxylation sites is 1. The van der Waals surface area contributed by atoms with Crippen LogP contribution in [0.2, 0.25) is 0 Å². The van der Waals surface area contributed by atoms with Gasteiger partial charge in [0, 0.05) is 29.2 Å². The summed E-state index contributed by atoms with van der Waals surface area (Å²) in [5, 5.41) is 1.10. The van der Waals surface area contributed by atoms with Crippen LogP contribution in [0.5, 0.6) is 0 Å². The minimum absolute atomic E-state index is 0.164. The Morgan fingerprint density at radius 3 is 2.46 bits per heavy atom. The van der Waals surface area contributed by atoms with E-state index in [0.29, 0.717) is 12.1 Å². The zero-order valence-corrected chi connectivity index (χ0v) is 20.0. The summed E-state index contributed by atoms with van der Waals surface area (Å²) in [4.78, 5) is 38.7. The smallest absolute Gasteiger partial charge is 0.328 e. The van der Waals surface area contributed by atoms with Gasteiger partial charge in [-0.25, -0.2) is 4.79 Å². The zero-order chi connectivity index (χ0) is 24.9. The van der Waals surface area contributed by atoms with Gasteiger partial charge in [-0.15, -0.1) is 0 Å². The Morgan fingerprint density at radius 1 is 0.838 bits per heavy atom. The maximum atomic E-state index is 13.9. The molecule has 6 nitrogen and oxygen atoms in total. The number of aromatic amines is 1. The van der Waals surface area contributed by atoms with Gasteiger partial charge in [0.2, 0.25) is 0 Å². The Hall–Kier alpha value is -4.71. The predicted molar refractivity (Wildman–Crippen MR) is 142 cm³/mol. The Morgan fingerprint density at radius 2 is 1.62 bits per heavy atom. The lowest BCUT2D eigenvalue weighted by Gasteiger charge is -2.36. The third-order valence-electron chi connectivity index (χ3n) is 7.49. The molecule has 0 saturated carbocycles. The number of hydrogen-bond donors (Lipinski definition) is 1. The predicted octanol–water partition coefficient (Wildman–Crippen LogP) is 5.71. The van der Waals surface area contributed by atoms with Crippen molar-refractivity contribution in [2.75, 3.05) is 0 Å². The van der Waals surface area contributed by atoms with Crippen LogP contribution in [0, 0.1) is 0 Å². The SMILES string of the molecule is O=C1[C@H]2Cc3c([nH]c4ccccc34)[C@H](c3cccc(-c4ccccc4)c3)N2C(=O)N1Cc1ccccn1. The second kappa shape index (κ2) is 8.45. The summed E-state index contributed by atoms with van der Waals surface area (Å²) < 4.78 is 0. The van der Waals surface area contributed by atoms with Crippen molar-refractivity contribution in [1.29, 1.82) is 0 Å². The number of pyridine rings is 1. The van der Waals surface area contributed by atoms with Crippen LogP contribution in [0.15, 0.2) is 103 Å². The number of hydrogen-bond acceptors (Lipinski definition) is 3. The lowest BCUT2D eigenvalue weighted by Crippen LogP contribution is -2.44. The normalized spacial score (nSPS) is 18.8. The largest absolute Gasteiger partial charge is 0.356 e. The third-order valence-corrected chi connectivity index (χ3v) is 7.49. The first-order chi connectivity index (χ1) is 18.2. The lowest BCUT2D eigenvalue weighted by atomic mass is 9.88. The number of aromatic nitrogens is 2. The first kappa shape index (κ1) is 21.6. The second-order valence-corrected chi connectivity index (χ2v) is 9.61. The van der Waals surface area contributed by atoms with E-state index < -0.39 is 12.1 Å². The number of imide groups is 1. The monoisotopic (exact) mass is 484 g/mol. The van der Waals surface area contributed by atoms with Gasteiger partial charge in [0.25, 0.3) is 5.91 Å². The number of carbonyl (C=O) groups excluding carboxylic acids is 2. The van der Waals surface area contributed by atoms with E-state index in [9.17, 15) is 9.59 Å². The molecule has 0 bridgehead atoms. The van der Waals surface area contributed by atoms with Gasteiger partial charge in [0.15, 0.2) is 0 Å². The highest BCUT2D eigenvalue weighted by atomic mass is 16.2. The zero-order valence-electron chi connectivity index (χ0n) is 20.0. The van der Waals surface area contributed by atoms with Crippen LogP contribution < -0.4 is 0 Å². The van der Waals surface area contributed by atoms with Crippen LogP contribution in [0.4, 0.5) is 4.79 Å². The summed E-state index contributed by atoms with van der Waals surface area (Å²) >= 11 is 0. The fourth-order valence-electron chi connectivity index (χ4n) is 5.79. The van der Waals surface area contributed by atoms with Crippen molar-refractivity contribution in [1.82, 2.24) is 19.8 Å². The topological polar surface area (TPSA) is 69.3 Å². The van der Waals surface area contributed by atoms with Crippen LogP contribution in [0.25, 0.3) is 22.0 Å². The molecule has 1 fully saturated rings. The molecule has 180 valence electrons. The summed E-state index contributed by atoms with van der Waals surface area (Å²) in [7, 11) is 0. The summed E-state index contributed by atoms with van der Waals surface area (Å²) in [6.07, 6.45) is 2.17. The van der Waals surface area contributed by atoms with E-state index in [1.54, 1.807) is 11.1 Å². The molecular formula is C31H24N4O2. The maximum absolute atomic E-state index is 13.9. The van der Waals surface area contributed by atoms with Gasteiger partial charge in [-0.05, 0) is 46.5 Å². The molecule has 37 heavy (non-hydrogen) atoms. The van der Waals surface area contributed by atoms with Crippen molar-refractivity contribution < 1.29 is 9.59 Å². The molecule has 2 aromatic heterocycles. The highest BCUT2D eigenvalue weighted by Gasteiger charge is 2.52. The van der Waals surface area contributed by atoms with E-state index in [0.717, 1.165) is 38.9 Å². The van der Waals surface area contributed by atoms with Crippen molar-refractivity contribution >= 4 is 22.8 Å². The van der Waals surface area contributed by atoms with Gasteiger partial charge in [-0.2, -0.15) is 0 Å². The van der Waals surface area contributed by atoms with Gasteiger partial charge in [0.1, 0.15) is 12.1 Å². The highest BCUT2D eigenvalue weighted by Crippen LogP contribution is 2.44. The summed E-state index contributed by atoms with van der Waals surface area (Å²) in [5.41, 5.74) is 6.94. The minimum atomic E-state index is -0.562. The number of H-pyrrole nitrogens is 1. The number of amides is 3. The molecule has 3 amide bonds. The number of rotatable bonds is 4. The standard InChI is InChI=1S/C31H24N4O2/c36-30-27-18-25-24-14-4-5-15-26(24)33-28(25)29(22-12-8-11-21(17-22)20-9-2-1-3-10-20)35(27)31(37)34(30)19-23-13-6-7-16-32-23/h1-17,27,29,33H,18-19H2/t27-,29+/m1/s1. The molecule has 2 aliphatic heterocycles. The summed E-state index contributed by atoms with van der Waals surface area (Å²) in [5.74, 6) is -0.171. The number of nitrogens with one attached hydrogen (secondary N) is 1. The van der Waals surface area contributed by atoms with Crippen molar-refractivity contribution in [3.05, 3.63) is 126 Å². The number of benzene rings is 3. The van der Waals surface area contributed by atoms with Crippen molar-refractivity contribution in [3.63, 3.8) is 0 Å². The molecule has 2 aliphatic rings. The van der Waals surface area contributed by atoms with E-state index >= 15 is 0 Å². The highest BCUT2D eigenvalue weighted by molar-refractivity contribution is 6.05. The molecule has 0 radical (unpaired) electrons. The fraction of sp³-hybridized carbons (Fsp3) is 0.129. The van der Waals surface area contributed by atoms with Gasteiger partial charge in [-0.1, -0.05) is 72.8 Å². The van der Waals surface area contributed by atoms with Crippen LogP contribution in [-0.2, 0) is 17.8 Å². The molecule has 6 heteroatoms. The molecule has 4 heterocycles. The molecule has 5 aromatic rings. The Labute approximate surface area is 214 Å². The third kappa shape index (κ3) is 3.44. The van der Waals surface area contributed by atoms with E-state index in [4.69, 9.17) is 0 Å².